The van der Waals surface area contributed by atoms with E-state index in [-0.39, 0.29) is 12.1 Å². The Bertz CT molecular complexity index is 1140. The Morgan fingerprint density at radius 1 is 0.838 bits per heavy atom. The van der Waals surface area contributed by atoms with E-state index in [9.17, 15) is 4.79 Å². The Morgan fingerprint density at radius 3 is 2.03 bits per heavy atom. The van der Waals surface area contributed by atoms with Crippen molar-refractivity contribution in [1.82, 2.24) is 4.90 Å². The Labute approximate surface area is 228 Å². The van der Waals surface area contributed by atoms with Gasteiger partial charge in [0.05, 0.1) is 0 Å². The molecular weight excluding hydrogens is 472 g/mol. The van der Waals surface area contributed by atoms with Crippen LogP contribution in [-0.4, -0.2) is 23.2 Å². The summed E-state index contributed by atoms with van der Waals surface area (Å²) < 4.78 is 0. The predicted molar refractivity (Wildman–Crippen MR) is 159 cm³/mol. The van der Waals surface area contributed by atoms with Crippen molar-refractivity contribution in [2.24, 2.45) is 0 Å². The van der Waals surface area contributed by atoms with Crippen LogP contribution in [0.15, 0.2) is 77.7 Å². The lowest BCUT2D eigenvalue weighted by Crippen LogP contribution is -2.44. The molecule has 1 aliphatic rings. The normalized spacial score (nSPS) is 17.7. The van der Waals surface area contributed by atoms with Crippen molar-refractivity contribution in [3.05, 3.63) is 95.1 Å². The van der Waals surface area contributed by atoms with Crippen molar-refractivity contribution in [2.45, 2.75) is 88.6 Å². The number of rotatable bonds is 8. The largest absolute Gasteiger partial charge is 0.322 e. The molecular formula is C33H42N2OS. The van der Waals surface area contributed by atoms with Gasteiger partial charge >= 0.3 is 6.03 Å². The van der Waals surface area contributed by atoms with Crippen LogP contribution in [-0.2, 0) is 6.54 Å². The third kappa shape index (κ3) is 6.59. The number of hydrogen-bond donors (Lipinski definition) is 1. The van der Waals surface area contributed by atoms with E-state index in [1.54, 1.807) is 11.8 Å². The third-order valence-electron chi connectivity index (χ3n) is 7.81. The van der Waals surface area contributed by atoms with Gasteiger partial charge in [0.1, 0.15) is 0 Å². The van der Waals surface area contributed by atoms with Crippen LogP contribution >= 0.6 is 11.8 Å². The van der Waals surface area contributed by atoms with E-state index >= 15 is 0 Å². The molecule has 1 N–H and O–H groups in total. The van der Waals surface area contributed by atoms with Gasteiger partial charge in [-0.25, -0.2) is 4.79 Å². The monoisotopic (exact) mass is 514 g/mol. The lowest BCUT2D eigenvalue weighted by atomic mass is 9.81. The van der Waals surface area contributed by atoms with Crippen molar-refractivity contribution >= 4 is 23.5 Å². The number of hydrogen-bond acceptors (Lipinski definition) is 2. The Kier molecular flexibility index (Phi) is 9.37. The highest BCUT2D eigenvalue weighted by Gasteiger charge is 2.31. The van der Waals surface area contributed by atoms with E-state index in [0.717, 1.165) is 31.4 Å². The van der Waals surface area contributed by atoms with Crippen LogP contribution in [0.3, 0.4) is 0 Å². The van der Waals surface area contributed by atoms with Crippen LogP contribution in [0.25, 0.3) is 0 Å². The molecule has 1 aliphatic carbocycles. The van der Waals surface area contributed by atoms with Crippen molar-refractivity contribution in [1.29, 1.82) is 0 Å². The van der Waals surface area contributed by atoms with Gasteiger partial charge in [0.25, 0.3) is 0 Å². The zero-order valence-corrected chi connectivity index (χ0v) is 23.9. The lowest BCUT2D eigenvalue weighted by Gasteiger charge is -2.38. The molecule has 0 aromatic heterocycles. The molecule has 37 heavy (non-hydrogen) atoms. The molecule has 0 radical (unpaired) electrons. The van der Waals surface area contributed by atoms with Crippen LogP contribution in [0, 0.1) is 0 Å². The van der Waals surface area contributed by atoms with Crippen molar-refractivity contribution < 1.29 is 4.79 Å². The summed E-state index contributed by atoms with van der Waals surface area (Å²) in [6.45, 7) is 9.43. The molecule has 0 bridgehead atoms. The quantitative estimate of drug-likeness (QED) is 0.304. The van der Waals surface area contributed by atoms with Crippen LogP contribution in [0.1, 0.15) is 93.4 Å². The molecule has 0 heterocycles. The third-order valence-corrected chi connectivity index (χ3v) is 8.65. The number of amides is 2. The molecule has 3 aromatic rings. The number of carbonyl (C=O) groups is 1. The maximum Gasteiger partial charge on any atom is 0.322 e. The van der Waals surface area contributed by atoms with Crippen LogP contribution in [0.5, 0.6) is 0 Å². The Morgan fingerprint density at radius 2 is 1.43 bits per heavy atom. The molecule has 3 nitrogen and oxygen atoms in total. The zero-order valence-electron chi connectivity index (χ0n) is 23.0. The Hall–Kier alpha value is -2.72. The fourth-order valence-electron chi connectivity index (χ4n) is 5.70. The van der Waals surface area contributed by atoms with E-state index in [2.05, 4.69) is 117 Å². The van der Waals surface area contributed by atoms with Gasteiger partial charge in [-0.2, -0.15) is 0 Å². The van der Waals surface area contributed by atoms with E-state index in [1.165, 1.54) is 27.1 Å². The zero-order chi connectivity index (χ0) is 26.4. The van der Waals surface area contributed by atoms with Gasteiger partial charge in [-0.15, -0.1) is 11.8 Å². The number of nitrogens with zero attached hydrogens (tertiary/aromatic N) is 1. The van der Waals surface area contributed by atoms with E-state index < -0.39 is 0 Å². The summed E-state index contributed by atoms with van der Waals surface area (Å²) in [7, 11) is 0. The van der Waals surface area contributed by atoms with E-state index in [0.29, 0.717) is 24.3 Å². The maximum atomic E-state index is 14.1. The number of anilines is 1. The van der Waals surface area contributed by atoms with Crippen molar-refractivity contribution in [3.63, 3.8) is 0 Å². The van der Waals surface area contributed by atoms with Gasteiger partial charge in [0.2, 0.25) is 0 Å². The first-order valence-corrected chi connectivity index (χ1v) is 15.0. The minimum Gasteiger partial charge on any atom is -0.317 e. The molecule has 1 saturated carbocycles. The number of nitrogens with one attached hydrogen (secondary N) is 1. The summed E-state index contributed by atoms with van der Waals surface area (Å²) in [6, 6.07) is 26.0. The smallest absolute Gasteiger partial charge is 0.317 e. The molecule has 0 aliphatic heterocycles. The summed E-state index contributed by atoms with van der Waals surface area (Å²) >= 11 is 1.75. The minimum atomic E-state index is 0.0223. The van der Waals surface area contributed by atoms with Gasteiger partial charge < -0.3 is 10.2 Å². The lowest BCUT2D eigenvalue weighted by molar-refractivity contribution is 0.157. The van der Waals surface area contributed by atoms with Crippen molar-refractivity contribution in [3.8, 4) is 0 Å². The van der Waals surface area contributed by atoms with Crippen LogP contribution < -0.4 is 5.32 Å². The van der Waals surface area contributed by atoms with E-state index in [4.69, 9.17) is 0 Å². The van der Waals surface area contributed by atoms with E-state index in [1.807, 2.05) is 0 Å². The van der Waals surface area contributed by atoms with Gasteiger partial charge in [0.15, 0.2) is 0 Å². The van der Waals surface area contributed by atoms with Gasteiger partial charge in [-0.05, 0) is 78.0 Å². The SMILES string of the molecule is CSc1ccccc1CN(C(=O)Nc1c(C(C)C)cccc1C(C)C)[C@H]1CC[C@H](c2ccccc2)CC1. The fraction of sp³-hybridized carbons (Fsp3) is 0.424. The number of para-hydroxylation sites is 1. The molecule has 0 atom stereocenters. The highest BCUT2D eigenvalue weighted by atomic mass is 32.2. The molecule has 0 saturated heterocycles. The van der Waals surface area contributed by atoms with Crippen LogP contribution in [0.4, 0.5) is 10.5 Å². The molecule has 4 rings (SSSR count). The molecule has 0 spiro atoms. The second-order valence-corrected chi connectivity index (χ2v) is 11.8. The van der Waals surface area contributed by atoms with Gasteiger partial charge in [-0.3, -0.25) is 0 Å². The average Bonchev–Trinajstić information content (AvgIpc) is 2.92. The molecule has 4 heteroatoms. The second kappa shape index (κ2) is 12.7. The molecule has 2 amide bonds. The summed E-state index contributed by atoms with van der Waals surface area (Å²) in [5.74, 6) is 1.25. The molecule has 1 fully saturated rings. The van der Waals surface area contributed by atoms with Crippen LogP contribution in [0.2, 0.25) is 0 Å². The standard InChI is InChI=1S/C33H42N2OS/c1-23(2)29-15-11-16-30(24(3)4)32(29)34-33(36)35(22-27-14-9-10-17-31(27)37-5)28-20-18-26(19-21-28)25-12-7-6-8-13-25/h6-17,23-24,26,28H,18-22H2,1-5H3,(H,34,36)/t26-,28-. The average molecular weight is 515 g/mol. The fourth-order valence-corrected chi connectivity index (χ4v) is 6.31. The second-order valence-electron chi connectivity index (χ2n) is 10.9. The van der Waals surface area contributed by atoms with Crippen molar-refractivity contribution in [2.75, 3.05) is 11.6 Å². The predicted octanol–water partition coefficient (Wildman–Crippen LogP) is 9.42. The summed E-state index contributed by atoms with van der Waals surface area (Å²) in [5, 5.41) is 3.42. The topological polar surface area (TPSA) is 32.3 Å². The molecule has 0 unspecified atom stereocenters. The first-order chi connectivity index (χ1) is 17.9. The summed E-state index contributed by atoms with van der Waals surface area (Å²) in [4.78, 5) is 17.5. The molecule has 196 valence electrons. The highest BCUT2D eigenvalue weighted by Crippen LogP contribution is 2.37. The summed E-state index contributed by atoms with van der Waals surface area (Å²) in [5.41, 5.74) is 6.06. The number of carbonyl (C=O) groups excluding carboxylic acids is 1. The maximum absolute atomic E-state index is 14.1. The van der Waals surface area contributed by atoms with Gasteiger partial charge in [0, 0.05) is 23.2 Å². The highest BCUT2D eigenvalue weighted by molar-refractivity contribution is 7.98. The first kappa shape index (κ1) is 27.3. The molecule has 3 aromatic carbocycles. The summed E-state index contributed by atoms with van der Waals surface area (Å²) in [6.07, 6.45) is 6.39. The van der Waals surface area contributed by atoms with Gasteiger partial charge in [-0.1, -0.05) is 94.4 Å². The first-order valence-electron chi connectivity index (χ1n) is 13.8. The Balaban J connectivity index is 1.62. The number of urea groups is 1. The minimum absolute atomic E-state index is 0.0223. The number of benzene rings is 3. The number of thioether (sulfide) groups is 1.